The Bertz CT molecular complexity index is 546. The summed E-state index contributed by atoms with van der Waals surface area (Å²) in [6.07, 6.45) is 12.7. The molecule has 0 aromatic rings. The first-order valence-electron chi connectivity index (χ1n) is 10.1. The van der Waals surface area contributed by atoms with Gasteiger partial charge < -0.3 is 0 Å². The van der Waals surface area contributed by atoms with E-state index in [0.29, 0.717) is 8.34 Å². The van der Waals surface area contributed by atoms with Crippen LogP contribution in [0.25, 0.3) is 0 Å². The van der Waals surface area contributed by atoms with Gasteiger partial charge in [0.25, 0.3) is 0 Å². The molecule has 0 nitrogen and oxygen atoms in total. The van der Waals surface area contributed by atoms with Crippen molar-refractivity contribution in [3.8, 4) is 0 Å². The summed E-state index contributed by atoms with van der Waals surface area (Å²) in [5.41, 5.74) is 3.92. The number of hydrogen-bond acceptors (Lipinski definition) is 0. The molecule has 1 heteroatoms. The molecule has 0 aromatic carbocycles. The maximum atomic E-state index is 4.27. The Hall–Kier alpha value is 0.155. The van der Waals surface area contributed by atoms with Crippen LogP contribution in [0.5, 0.6) is 0 Å². The van der Waals surface area contributed by atoms with Gasteiger partial charge in [-0.05, 0) is 0 Å². The Labute approximate surface area is 166 Å². The van der Waals surface area contributed by atoms with Crippen LogP contribution in [0.1, 0.15) is 65.7 Å². The summed E-state index contributed by atoms with van der Waals surface area (Å²) < 4.78 is 0.695. The van der Waals surface area contributed by atoms with Crippen molar-refractivity contribution in [2.24, 2.45) is 35.0 Å². The number of rotatable bonds is 0. The first kappa shape index (κ1) is 18.9. The standard InChI is InChI=1S/C21H31.C2H4.Hg/c1-13-5-7-17-16(11-13)6-8-19-18(17)9-10-21(4)15(3)14(2)12-20(19)21;1-2;/h11,14-15,18-20H,1,5-10,12H2,2-4H3;1-2H2;. The third kappa shape index (κ3) is 2.65. The van der Waals surface area contributed by atoms with Crippen LogP contribution in [-0.2, 0) is 26.1 Å². The molecule has 7 unspecified atom stereocenters. The van der Waals surface area contributed by atoms with E-state index in [1.165, 1.54) is 50.5 Å². The SMILES string of the molecule is C=C.C=C1C=C2CCC3C(CCC4(C)C(C)C(C)CC34)[C]2([Hg])CC1. The van der Waals surface area contributed by atoms with Crippen molar-refractivity contribution in [3.05, 3.63) is 37.0 Å². The van der Waals surface area contributed by atoms with Gasteiger partial charge in [-0.3, -0.25) is 0 Å². The summed E-state index contributed by atoms with van der Waals surface area (Å²) in [6, 6.07) is 0. The molecule has 7 atom stereocenters. The van der Waals surface area contributed by atoms with Crippen LogP contribution in [0.4, 0.5) is 0 Å². The van der Waals surface area contributed by atoms with Gasteiger partial charge in [0.05, 0.1) is 0 Å². The Kier molecular flexibility index (Phi) is 5.29. The fourth-order valence-electron chi connectivity index (χ4n) is 7.06. The molecule has 0 amide bonds. The summed E-state index contributed by atoms with van der Waals surface area (Å²) in [7, 11) is 0. The predicted octanol–water partition coefficient (Wildman–Crippen LogP) is 6.89. The molecule has 0 saturated heterocycles. The molecule has 3 saturated carbocycles. The van der Waals surface area contributed by atoms with Crippen LogP contribution in [-0.4, -0.2) is 0 Å². The van der Waals surface area contributed by atoms with Crippen LogP contribution >= 0.6 is 0 Å². The summed E-state index contributed by atoms with van der Waals surface area (Å²) in [6.45, 7) is 18.0. The quantitative estimate of drug-likeness (QED) is 0.245. The van der Waals surface area contributed by atoms with E-state index >= 15 is 0 Å². The average Bonchev–Trinajstić information content (AvgIpc) is 2.81. The first-order valence-corrected chi connectivity index (χ1v) is 12.9. The van der Waals surface area contributed by atoms with E-state index in [1.54, 1.807) is 0 Å². The molecular formula is C23H35Hg. The fraction of sp³-hybridized carbons (Fsp3) is 0.739. The van der Waals surface area contributed by atoms with Gasteiger partial charge in [-0.2, -0.15) is 0 Å². The second-order valence-electron chi connectivity index (χ2n) is 9.45. The van der Waals surface area contributed by atoms with Gasteiger partial charge in [0.2, 0.25) is 0 Å². The zero-order valence-corrected chi connectivity index (χ0v) is 21.7. The second kappa shape index (κ2) is 6.71. The summed E-state index contributed by atoms with van der Waals surface area (Å²) >= 11 is 0.868. The van der Waals surface area contributed by atoms with Crippen molar-refractivity contribution in [1.82, 2.24) is 0 Å². The van der Waals surface area contributed by atoms with Gasteiger partial charge in [0.15, 0.2) is 0 Å². The predicted molar refractivity (Wildman–Crippen MR) is 100 cm³/mol. The number of fused-ring (bicyclic) bond motifs is 5. The third-order valence-electron chi connectivity index (χ3n) is 8.76. The van der Waals surface area contributed by atoms with Crippen LogP contribution in [0, 0.1) is 35.0 Å². The van der Waals surface area contributed by atoms with Gasteiger partial charge in [0.1, 0.15) is 0 Å². The molecule has 0 spiro atoms. The fourth-order valence-corrected chi connectivity index (χ4v) is 10.8. The minimum atomic E-state index is 0.657. The van der Waals surface area contributed by atoms with Gasteiger partial charge in [-0.25, -0.2) is 0 Å². The molecule has 0 radical (unpaired) electrons. The van der Waals surface area contributed by atoms with E-state index in [-0.39, 0.29) is 0 Å². The topological polar surface area (TPSA) is 0 Å². The molecule has 4 rings (SSSR count). The normalized spacial score (nSPS) is 50.0. The molecule has 24 heavy (non-hydrogen) atoms. The molecular weight excluding hydrogens is 477 g/mol. The summed E-state index contributed by atoms with van der Waals surface area (Å²) in [5, 5.41) is 0. The molecule has 0 heterocycles. The molecule has 0 bridgehead atoms. The van der Waals surface area contributed by atoms with E-state index in [0.717, 1.165) is 55.7 Å². The maximum absolute atomic E-state index is 4.27. The van der Waals surface area contributed by atoms with Gasteiger partial charge in [-0.15, -0.1) is 13.2 Å². The minimum absolute atomic E-state index is 0.657. The Morgan fingerprint density at radius 2 is 1.79 bits per heavy atom. The van der Waals surface area contributed by atoms with Crippen molar-refractivity contribution >= 4 is 0 Å². The van der Waals surface area contributed by atoms with Crippen molar-refractivity contribution < 1.29 is 26.1 Å². The zero-order chi connectivity index (χ0) is 17.7. The van der Waals surface area contributed by atoms with Gasteiger partial charge in [0, 0.05) is 0 Å². The van der Waals surface area contributed by atoms with Crippen LogP contribution in [0.15, 0.2) is 37.0 Å². The first-order chi connectivity index (χ1) is 11.4. The van der Waals surface area contributed by atoms with E-state index < -0.39 is 0 Å². The molecule has 0 N–H and O–H groups in total. The monoisotopic (exact) mass is 513 g/mol. The Balaban J connectivity index is 0.000000815. The average molecular weight is 512 g/mol. The van der Waals surface area contributed by atoms with Crippen molar-refractivity contribution in [1.29, 1.82) is 0 Å². The van der Waals surface area contributed by atoms with E-state index in [9.17, 15) is 0 Å². The van der Waals surface area contributed by atoms with E-state index in [4.69, 9.17) is 0 Å². The summed E-state index contributed by atoms with van der Waals surface area (Å²) in [4.78, 5) is 0. The Morgan fingerprint density at radius 1 is 1.08 bits per heavy atom. The van der Waals surface area contributed by atoms with Crippen LogP contribution < -0.4 is 0 Å². The van der Waals surface area contributed by atoms with Crippen molar-refractivity contribution in [2.75, 3.05) is 0 Å². The Morgan fingerprint density at radius 3 is 2.50 bits per heavy atom. The molecule has 4 aliphatic carbocycles. The number of allylic oxidation sites excluding steroid dienone is 3. The van der Waals surface area contributed by atoms with Crippen LogP contribution in [0.2, 0.25) is 2.92 Å². The molecule has 0 aromatic heterocycles. The second-order valence-corrected chi connectivity index (χ2v) is 14.4. The van der Waals surface area contributed by atoms with Crippen molar-refractivity contribution in [2.45, 2.75) is 68.6 Å². The van der Waals surface area contributed by atoms with Crippen LogP contribution in [0.3, 0.4) is 0 Å². The summed E-state index contributed by atoms with van der Waals surface area (Å²) in [5.74, 6) is 5.01. The van der Waals surface area contributed by atoms with Crippen molar-refractivity contribution in [3.63, 3.8) is 0 Å². The number of hydrogen-bond donors (Lipinski definition) is 0. The van der Waals surface area contributed by atoms with E-state index in [2.05, 4.69) is 46.6 Å². The van der Waals surface area contributed by atoms with Gasteiger partial charge in [-0.1, -0.05) is 0 Å². The molecule has 129 valence electrons. The van der Waals surface area contributed by atoms with Gasteiger partial charge >= 0.3 is 154 Å². The zero-order valence-electron chi connectivity index (χ0n) is 16.2. The third-order valence-corrected chi connectivity index (χ3v) is 13.9. The van der Waals surface area contributed by atoms with E-state index in [1.807, 2.05) is 5.57 Å². The molecule has 4 aliphatic rings. The molecule has 0 aliphatic heterocycles. The molecule has 3 fully saturated rings.